The van der Waals surface area contributed by atoms with Crippen LogP contribution in [-0.4, -0.2) is 45.6 Å². The number of hydrogen-bond donors (Lipinski definition) is 2. The molecule has 0 spiro atoms. The van der Waals surface area contributed by atoms with Gasteiger partial charge in [0, 0.05) is 17.6 Å². The Balaban J connectivity index is 1.68. The number of morpholine rings is 1. The number of benzene rings is 1. The second-order valence-corrected chi connectivity index (χ2v) is 9.10. The number of thiazole rings is 1. The van der Waals surface area contributed by atoms with Gasteiger partial charge in [-0.1, -0.05) is 27.3 Å². The summed E-state index contributed by atoms with van der Waals surface area (Å²) in [6.45, 7) is 4.38. The number of sulfonamides is 1. The van der Waals surface area contributed by atoms with E-state index in [0.717, 1.165) is 9.60 Å². The molecule has 0 bridgehead atoms. The average molecular weight is 461 g/mol. The van der Waals surface area contributed by atoms with Crippen LogP contribution in [-0.2, 0) is 14.8 Å². The molecule has 3 rings (SSSR count). The van der Waals surface area contributed by atoms with E-state index in [2.05, 4.69) is 31.2 Å². The van der Waals surface area contributed by atoms with E-state index in [1.165, 1.54) is 23.5 Å². The lowest BCUT2D eigenvalue weighted by atomic mass is 10.4. The van der Waals surface area contributed by atoms with Gasteiger partial charge in [0.15, 0.2) is 5.13 Å². The van der Waals surface area contributed by atoms with E-state index in [-0.39, 0.29) is 4.90 Å². The summed E-state index contributed by atoms with van der Waals surface area (Å²) < 4.78 is 30.6. The van der Waals surface area contributed by atoms with Gasteiger partial charge < -0.3 is 9.64 Å². The normalized spacial score (nSPS) is 15.1. The number of nitrogens with zero attached hydrogens (tertiary/aromatic N) is 2. The molecular weight excluding hydrogens is 444 g/mol. The first-order valence-electron chi connectivity index (χ1n) is 7.74. The van der Waals surface area contributed by atoms with E-state index in [1.807, 2.05) is 4.90 Å². The van der Waals surface area contributed by atoms with Gasteiger partial charge in [0.1, 0.15) is 4.88 Å². The topological polar surface area (TPSA) is 101 Å². The summed E-state index contributed by atoms with van der Waals surface area (Å²) in [6.07, 6.45) is 0. The van der Waals surface area contributed by atoms with E-state index in [9.17, 15) is 13.2 Å². The third-order valence-corrected chi connectivity index (χ3v) is 6.71. The van der Waals surface area contributed by atoms with Crippen LogP contribution in [0.15, 0.2) is 33.6 Å². The second kappa shape index (κ2) is 8.01. The summed E-state index contributed by atoms with van der Waals surface area (Å²) in [5.74, 6) is -0.541. The summed E-state index contributed by atoms with van der Waals surface area (Å²) in [6, 6.07) is 6.09. The molecule has 1 saturated heterocycles. The van der Waals surface area contributed by atoms with E-state index in [1.54, 1.807) is 19.1 Å². The maximum Gasteiger partial charge on any atom is 0.278 e. The van der Waals surface area contributed by atoms with Crippen LogP contribution in [0.5, 0.6) is 0 Å². The zero-order valence-corrected chi connectivity index (χ0v) is 17.1. The number of hydrazine groups is 1. The van der Waals surface area contributed by atoms with Crippen molar-refractivity contribution >= 4 is 48.3 Å². The van der Waals surface area contributed by atoms with Crippen LogP contribution >= 0.6 is 27.3 Å². The standard InChI is InChI=1S/C15H17BrN4O4S2/c1-10-13(25-15(17-10)20-6-8-24-9-7-20)14(21)18-19-26(22,23)12-4-2-11(16)3-5-12/h2-5,19H,6-9H2,1H3,(H,18,21). The Morgan fingerprint density at radius 2 is 1.92 bits per heavy atom. The monoisotopic (exact) mass is 460 g/mol. The highest BCUT2D eigenvalue weighted by Gasteiger charge is 2.22. The zero-order chi connectivity index (χ0) is 18.7. The molecule has 0 aliphatic carbocycles. The molecule has 0 saturated carbocycles. The molecule has 1 aliphatic rings. The first kappa shape index (κ1) is 19.2. The molecule has 0 atom stereocenters. The smallest absolute Gasteiger partial charge is 0.278 e. The summed E-state index contributed by atoms with van der Waals surface area (Å²) in [4.78, 5) is 21.4. The molecule has 2 aromatic rings. The number of halogens is 1. The second-order valence-electron chi connectivity index (χ2n) is 5.52. The number of anilines is 1. The highest BCUT2D eigenvalue weighted by Crippen LogP contribution is 2.26. The van der Waals surface area contributed by atoms with Gasteiger partial charge in [-0.05, 0) is 31.2 Å². The van der Waals surface area contributed by atoms with Crippen molar-refractivity contribution in [2.45, 2.75) is 11.8 Å². The molecule has 1 aromatic heterocycles. The van der Waals surface area contributed by atoms with Gasteiger partial charge in [0.25, 0.3) is 15.9 Å². The minimum absolute atomic E-state index is 0.0519. The minimum Gasteiger partial charge on any atom is -0.378 e. The van der Waals surface area contributed by atoms with Crippen molar-refractivity contribution in [1.82, 2.24) is 15.2 Å². The van der Waals surface area contributed by atoms with Crippen LogP contribution in [0.4, 0.5) is 5.13 Å². The van der Waals surface area contributed by atoms with E-state index < -0.39 is 15.9 Å². The fourth-order valence-electron chi connectivity index (χ4n) is 2.33. The third kappa shape index (κ3) is 4.41. The Hall–Kier alpha value is -1.53. The van der Waals surface area contributed by atoms with E-state index in [4.69, 9.17) is 4.74 Å². The van der Waals surface area contributed by atoms with Crippen LogP contribution in [0.1, 0.15) is 15.4 Å². The highest BCUT2D eigenvalue weighted by molar-refractivity contribution is 9.10. The molecule has 140 valence electrons. The van der Waals surface area contributed by atoms with Crippen LogP contribution < -0.4 is 15.2 Å². The number of ether oxygens (including phenoxy) is 1. The number of carbonyl (C=O) groups is 1. The van der Waals surface area contributed by atoms with Gasteiger partial charge in [-0.3, -0.25) is 10.2 Å². The molecule has 1 amide bonds. The van der Waals surface area contributed by atoms with Crippen molar-refractivity contribution in [3.05, 3.63) is 39.3 Å². The molecule has 0 radical (unpaired) electrons. The van der Waals surface area contributed by atoms with E-state index >= 15 is 0 Å². The number of carbonyl (C=O) groups excluding carboxylic acids is 1. The molecule has 1 fully saturated rings. The molecule has 1 aliphatic heterocycles. The Labute approximate surface area is 163 Å². The lowest BCUT2D eigenvalue weighted by molar-refractivity contribution is 0.0948. The number of hydrogen-bond acceptors (Lipinski definition) is 7. The van der Waals surface area contributed by atoms with Gasteiger partial charge in [0.05, 0.1) is 23.8 Å². The molecule has 2 N–H and O–H groups in total. The Morgan fingerprint density at radius 1 is 1.27 bits per heavy atom. The number of aromatic nitrogens is 1. The Kier molecular flexibility index (Phi) is 5.92. The lowest BCUT2D eigenvalue weighted by Gasteiger charge is -2.25. The van der Waals surface area contributed by atoms with Crippen molar-refractivity contribution in [1.29, 1.82) is 0 Å². The van der Waals surface area contributed by atoms with Crippen molar-refractivity contribution in [2.75, 3.05) is 31.2 Å². The molecule has 2 heterocycles. The lowest BCUT2D eigenvalue weighted by Crippen LogP contribution is -2.41. The number of nitrogens with one attached hydrogen (secondary N) is 2. The summed E-state index contributed by atoms with van der Waals surface area (Å²) in [5.41, 5.74) is 2.80. The molecule has 1 aromatic carbocycles. The zero-order valence-electron chi connectivity index (χ0n) is 13.9. The Bertz CT molecular complexity index is 893. The van der Waals surface area contributed by atoms with Crippen molar-refractivity contribution in [3.63, 3.8) is 0 Å². The van der Waals surface area contributed by atoms with Gasteiger partial charge in [-0.15, -0.1) is 4.83 Å². The first-order chi connectivity index (χ1) is 12.4. The highest BCUT2D eigenvalue weighted by atomic mass is 79.9. The third-order valence-electron chi connectivity index (χ3n) is 3.70. The van der Waals surface area contributed by atoms with Crippen molar-refractivity contribution < 1.29 is 17.9 Å². The SMILES string of the molecule is Cc1nc(N2CCOCC2)sc1C(=O)NNS(=O)(=O)c1ccc(Br)cc1. The fraction of sp³-hybridized carbons (Fsp3) is 0.333. The largest absolute Gasteiger partial charge is 0.378 e. The minimum atomic E-state index is -3.85. The van der Waals surface area contributed by atoms with Crippen LogP contribution in [0.3, 0.4) is 0 Å². The summed E-state index contributed by atoms with van der Waals surface area (Å²) in [5, 5.41) is 0.728. The van der Waals surface area contributed by atoms with E-state index in [0.29, 0.717) is 36.9 Å². The van der Waals surface area contributed by atoms with Crippen LogP contribution in [0.25, 0.3) is 0 Å². The predicted octanol–water partition coefficient (Wildman–Crippen LogP) is 1.67. The van der Waals surface area contributed by atoms with Crippen LogP contribution in [0.2, 0.25) is 0 Å². The molecular formula is C15H17BrN4O4S2. The average Bonchev–Trinajstić information content (AvgIpc) is 3.03. The molecule has 0 unspecified atom stereocenters. The molecule has 11 heteroatoms. The molecule has 26 heavy (non-hydrogen) atoms. The maximum atomic E-state index is 12.4. The maximum absolute atomic E-state index is 12.4. The summed E-state index contributed by atoms with van der Waals surface area (Å²) in [7, 11) is -3.85. The fourth-order valence-corrected chi connectivity index (χ4v) is 4.44. The molecule has 8 nitrogen and oxygen atoms in total. The van der Waals surface area contributed by atoms with Gasteiger partial charge in [-0.2, -0.15) is 0 Å². The quantitative estimate of drug-likeness (QED) is 0.658. The van der Waals surface area contributed by atoms with Gasteiger partial charge in [-0.25, -0.2) is 13.4 Å². The Morgan fingerprint density at radius 3 is 2.58 bits per heavy atom. The number of rotatable bonds is 5. The number of aryl methyl sites for hydroxylation is 1. The van der Waals surface area contributed by atoms with Crippen molar-refractivity contribution in [2.24, 2.45) is 0 Å². The van der Waals surface area contributed by atoms with Gasteiger partial charge >= 0.3 is 0 Å². The predicted molar refractivity (Wildman–Crippen MR) is 102 cm³/mol. The number of amides is 1. The van der Waals surface area contributed by atoms with Crippen molar-refractivity contribution in [3.8, 4) is 0 Å². The van der Waals surface area contributed by atoms with Crippen LogP contribution in [0, 0.1) is 6.92 Å². The van der Waals surface area contributed by atoms with Gasteiger partial charge in [0.2, 0.25) is 0 Å². The summed E-state index contributed by atoms with van der Waals surface area (Å²) >= 11 is 4.47. The first-order valence-corrected chi connectivity index (χ1v) is 10.8.